The monoisotopic (exact) mass is 252 g/mol. The zero-order valence-corrected chi connectivity index (χ0v) is 9.83. The van der Waals surface area contributed by atoms with Crippen molar-refractivity contribution >= 4 is 11.6 Å². The number of methoxy groups -OCH3 is 1. The van der Waals surface area contributed by atoms with Gasteiger partial charge in [-0.05, 0) is 29.8 Å². The summed E-state index contributed by atoms with van der Waals surface area (Å²) in [7, 11) is 1.46. The molecule has 0 radical (unpaired) electrons. The van der Waals surface area contributed by atoms with Gasteiger partial charge in [-0.3, -0.25) is 0 Å². The third kappa shape index (κ3) is 2.34. The highest BCUT2D eigenvalue weighted by atomic mass is 35.5. The Labute approximate surface area is 103 Å². The fourth-order valence-electron chi connectivity index (χ4n) is 1.63. The molecule has 2 nitrogen and oxygen atoms in total. The molecule has 88 valence electrons. The summed E-state index contributed by atoms with van der Waals surface area (Å²) in [6, 6.07) is 9.11. The number of ether oxygens (including phenoxy) is 1. The summed E-state index contributed by atoms with van der Waals surface area (Å²) in [4.78, 5) is 0. The Morgan fingerprint density at radius 3 is 2.65 bits per heavy atom. The van der Waals surface area contributed by atoms with E-state index in [4.69, 9.17) is 16.3 Å². The highest BCUT2D eigenvalue weighted by molar-refractivity contribution is 6.30. The van der Waals surface area contributed by atoms with Crippen LogP contribution in [-0.4, -0.2) is 12.2 Å². The molecule has 0 saturated carbocycles. The van der Waals surface area contributed by atoms with Crippen LogP contribution in [0.2, 0.25) is 5.02 Å². The third-order valence-electron chi connectivity index (χ3n) is 2.39. The first-order chi connectivity index (χ1) is 8.11. The first-order valence-electron chi connectivity index (χ1n) is 4.94. The van der Waals surface area contributed by atoms with Crippen molar-refractivity contribution in [3.63, 3.8) is 0 Å². The summed E-state index contributed by atoms with van der Waals surface area (Å²) in [6.45, 7) is 0. The van der Waals surface area contributed by atoms with E-state index in [1.807, 2.05) is 0 Å². The van der Waals surface area contributed by atoms with Crippen LogP contribution >= 0.6 is 11.6 Å². The molecule has 4 heteroatoms. The number of phenols is 1. The highest BCUT2D eigenvalue weighted by Crippen LogP contribution is 2.37. The largest absolute Gasteiger partial charge is 0.504 e. The Hall–Kier alpha value is -1.74. The molecular weight excluding hydrogens is 243 g/mol. The molecule has 2 aromatic carbocycles. The third-order valence-corrected chi connectivity index (χ3v) is 2.61. The maximum atomic E-state index is 13.2. The highest BCUT2D eigenvalue weighted by Gasteiger charge is 2.10. The molecule has 0 heterocycles. The first kappa shape index (κ1) is 11.7. The summed E-state index contributed by atoms with van der Waals surface area (Å²) in [6.07, 6.45) is 0. The van der Waals surface area contributed by atoms with Crippen LogP contribution in [0.1, 0.15) is 0 Å². The Bertz CT molecular complexity index is 535. The number of aromatic hydroxyl groups is 1. The molecule has 2 aromatic rings. The minimum absolute atomic E-state index is 0.0309. The van der Waals surface area contributed by atoms with Gasteiger partial charge in [0.05, 0.1) is 7.11 Å². The van der Waals surface area contributed by atoms with E-state index < -0.39 is 5.82 Å². The minimum Gasteiger partial charge on any atom is -0.504 e. The number of hydrogen-bond acceptors (Lipinski definition) is 2. The Morgan fingerprint density at radius 1 is 1.24 bits per heavy atom. The van der Waals surface area contributed by atoms with Gasteiger partial charge >= 0.3 is 0 Å². The van der Waals surface area contributed by atoms with Gasteiger partial charge in [0.2, 0.25) is 0 Å². The standard InChI is InChI=1S/C13H10ClFO2/c1-17-12-4-2-3-11(13(12)16)8-5-9(14)7-10(15)6-8/h2-7,16H,1H3. The van der Waals surface area contributed by atoms with E-state index >= 15 is 0 Å². The van der Waals surface area contributed by atoms with E-state index in [-0.39, 0.29) is 10.8 Å². The van der Waals surface area contributed by atoms with Crippen molar-refractivity contribution in [2.75, 3.05) is 7.11 Å². The summed E-state index contributed by atoms with van der Waals surface area (Å²) < 4.78 is 18.2. The topological polar surface area (TPSA) is 29.5 Å². The van der Waals surface area contributed by atoms with Crippen LogP contribution in [0.25, 0.3) is 11.1 Å². The van der Waals surface area contributed by atoms with Crippen molar-refractivity contribution in [2.45, 2.75) is 0 Å². The molecule has 0 aliphatic carbocycles. The van der Waals surface area contributed by atoms with Crippen LogP contribution in [0.5, 0.6) is 11.5 Å². The van der Waals surface area contributed by atoms with Gasteiger partial charge in [0.15, 0.2) is 11.5 Å². The Balaban J connectivity index is 2.60. The van der Waals surface area contributed by atoms with Gasteiger partial charge < -0.3 is 9.84 Å². The molecule has 0 unspecified atom stereocenters. The van der Waals surface area contributed by atoms with Gasteiger partial charge in [-0.2, -0.15) is 0 Å². The zero-order chi connectivity index (χ0) is 12.4. The maximum Gasteiger partial charge on any atom is 0.165 e. The van der Waals surface area contributed by atoms with Gasteiger partial charge in [-0.25, -0.2) is 4.39 Å². The van der Waals surface area contributed by atoms with Crippen LogP contribution in [0.3, 0.4) is 0 Å². The van der Waals surface area contributed by atoms with Crippen molar-refractivity contribution in [1.29, 1.82) is 0 Å². The second-order valence-corrected chi connectivity index (χ2v) is 3.95. The van der Waals surface area contributed by atoms with Crippen LogP contribution in [-0.2, 0) is 0 Å². The quantitative estimate of drug-likeness (QED) is 0.879. The normalized spacial score (nSPS) is 10.3. The van der Waals surface area contributed by atoms with Crippen molar-refractivity contribution < 1.29 is 14.2 Å². The van der Waals surface area contributed by atoms with Crippen molar-refractivity contribution in [2.24, 2.45) is 0 Å². The fraction of sp³-hybridized carbons (Fsp3) is 0.0769. The Morgan fingerprint density at radius 2 is 2.00 bits per heavy atom. The van der Waals surface area contributed by atoms with E-state index in [0.29, 0.717) is 16.9 Å². The minimum atomic E-state index is -0.449. The molecular formula is C13H10ClFO2. The van der Waals surface area contributed by atoms with Crippen LogP contribution in [0.15, 0.2) is 36.4 Å². The van der Waals surface area contributed by atoms with Crippen LogP contribution in [0.4, 0.5) is 4.39 Å². The number of benzene rings is 2. The molecule has 0 atom stereocenters. The van der Waals surface area contributed by atoms with Crippen LogP contribution in [0, 0.1) is 5.82 Å². The van der Waals surface area contributed by atoms with Gasteiger partial charge in [-0.1, -0.05) is 23.7 Å². The van der Waals surface area contributed by atoms with Gasteiger partial charge in [0.1, 0.15) is 5.82 Å². The molecule has 0 aromatic heterocycles. The predicted octanol–water partition coefficient (Wildman–Crippen LogP) is 3.86. The summed E-state index contributed by atoms with van der Waals surface area (Å²) in [5.74, 6) is -0.144. The number of para-hydroxylation sites is 1. The molecule has 2 rings (SSSR count). The van der Waals surface area contributed by atoms with Gasteiger partial charge in [0.25, 0.3) is 0 Å². The molecule has 0 saturated heterocycles. The average Bonchev–Trinajstić information content (AvgIpc) is 2.28. The summed E-state index contributed by atoms with van der Waals surface area (Å²) in [5, 5.41) is 10.2. The lowest BCUT2D eigenvalue weighted by Gasteiger charge is -2.09. The molecule has 0 amide bonds. The van der Waals surface area contributed by atoms with Crippen molar-refractivity contribution in [3.05, 3.63) is 47.2 Å². The molecule has 0 bridgehead atoms. The smallest absolute Gasteiger partial charge is 0.165 e. The average molecular weight is 253 g/mol. The molecule has 1 N–H and O–H groups in total. The lowest BCUT2D eigenvalue weighted by Crippen LogP contribution is -1.87. The van der Waals surface area contributed by atoms with Gasteiger partial charge in [0, 0.05) is 10.6 Å². The predicted molar refractivity (Wildman–Crippen MR) is 65.1 cm³/mol. The van der Waals surface area contributed by atoms with E-state index in [2.05, 4.69) is 0 Å². The summed E-state index contributed by atoms with van der Waals surface area (Å²) >= 11 is 5.77. The van der Waals surface area contributed by atoms with Crippen molar-refractivity contribution in [3.8, 4) is 22.6 Å². The molecule has 0 aliphatic rings. The van der Waals surface area contributed by atoms with E-state index in [1.54, 1.807) is 24.3 Å². The number of hydrogen-bond donors (Lipinski definition) is 1. The van der Waals surface area contributed by atoms with Gasteiger partial charge in [-0.15, -0.1) is 0 Å². The second kappa shape index (κ2) is 4.63. The SMILES string of the molecule is COc1cccc(-c2cc(F)cc(Cl)c2)c1O. The molecule has 0 fully saturated rings. The number of rotatable bonds is 2. The zero-order valence-electron chi connectivity index (χ0n) is 9.08. The molecule has 0 spiro atoms. The fourth-order valence-corrected chi connectivity index (χ4v) is 1.85. The van der Waals surface area contributed by atoms with E-state index in [0.717, 1.165) is 0 Å². The lowest BCUT2D eigenvalue weighted by molar-refractivity contribution is 0.374. The first-order valence-corrected chi connectivity index (χ1v) is 5.32. The maximum absolute atomic E-state index is 13.2. The number of phenolic OH excluding ortho intramolecular Hbond substituents is 1. The van der Waals surface area contributed by atoms with E-state index in [1.165, 1.54) is 19.2 Å². The number of halogens is 2. The van der Waals surface area contributed by atoms with Crippen molar-refractivity contribution in [1.82, 2.24) is 0 Å². The molecule has 17 heavy (non-hydrogen) atoms. The van der Waals surface area contributed by atoms with Crippen LogP contribution < -0.4 is 4.74 Å². The van der Waals surface area contributed by atoms with E-state index in [9.17, 15) is 9.50 Å². The Kier molecular flexibility index (Phi) is 3.20. The molecule has 0 aliphatic heterocycles. The second-order valence-electron chi connectivity index (χ2n) is 3.51. The lowest BCUT2D eigenvalue weighted by atomic mass is 10.0. The summed E-state index contributed by atoms with van der Waals surface area (Å²) in [5.41, 5.74) is 0.983.